The topological polar surface area (TPSA) is 106 Å². The van der Waals surface area contributed by atoms with Gasteiger partial charge in [-0.05, 0) is 50.3 Å². The second-order valence-electron chi connectivity index (χ2n) is 5.59. The van der Waals surface area contributed by atoms with Gasteiger partial charge in [-0.1, -0.05) is 6.07 Å². The third-order valence-electron chi connectivity index (χ3n) is 4.13. The maximum atomic E-state index is 11.6. The highest BCUT2D eigenvalue weighted by atomic mass is 16.6. The predicted molar refractivity (Wildman–Crippen MR) is 88.5 cm³/mol. The summed E-state index contributed by atoms with van der Waals surface area (Å²) < 4.78 is 10.5. The Kier molecular flexibility index (Phi) is 5.05. The zero-order valence-electron chi connectivity index (χ0n) is 13.4. The molecule has 6 heteroatoms. The summed E-state index contributed by atoms with van der Waals surface area (Å²) >= 11 is 0. The number of aromatic nitrogens is 1. The van der Waals surface area contributed by atoms with Crippen LogP contribution in [-0.2, 0) is 22.4 Å². The second kappa shape index (κ2) is 6.83. The normalized spacial score (nSPS) is 14.5. The molecule has 1 aliphatic carbocycles. The summed E-state index contributed by atoms with van der Waals surface area (Å²) in [4.78, 5) is 16.3. The molecule has 4 N–H and O–H groups in total. The average molecular weight is 318 g/mol. The van der Waals surface area contributed by atoms with E-state index in [2.05, 4.69) is 0 Å². The zero-order valence-corrected chi connectivity index (χ0v) is 13.4. The molecule has 0 spiro atoms. The quantitative estimate of drug-likeness (QED) is 0.869. The summed E-state index contributed by atoms with van der Waals surface area (Å²) in [6.45, 7) is 1.66. The van der Waals surface area contributed by atoms with Gasteiger partial charge >= 0.3 is 5.97 Å². The van der Waals surface area contributed by atoms with Crippen LogP contribution in [0.2, 0.25) is 0 Å². The second-order valence-corrected chi connectivity index (χ2v) is 5.59. The van der Waals surface area contributed by atoms with E-state index in [1.165, 1.54) is 7.11 Å². The molecular formula is C17H22N2O4. The molecular weight excluding hydrogens is 296 g/mol. The van der Waals surface area contributed by atoms with Crippen LogP contribution in [0.3, 0.4) is 0 Å². The van der Waals surface area contributed by atoms with Crippen molar-refractivity contribution < 1.29 is 19.7 Å². The van der Waals surface area contributed by atoms with Crippen LogP contribution < -0.4 is 10.5 Å². The van der Waals surface area contributed by atoms with E-state index in [1.807, 2.05) is 18.2 Å². The molecule has 0 saturated heterocycles. The summed E-state index contributed by atoms with van der Waals surface area (Å²) in [5, 5.41) is 0.791. The molecule has 2 aromatic rings. The van der Waals surface area contributed by atoms with Gasteiger partial charge in [0.1, 0.15) is 5.75 Å². The van der Waals surface area contributed by atoms with Gasteiger partial charge in [0.25, 0.3) is 0 Å². The van der Waals surface area contributed by atoms with Crippen LogP contribution in [0.1, 0.15) is 31.0 Å². The number of nitrogens with zero attached hydrogens (tertiary/aromatic N) is 1. The van der Waals surface area contributed by atoms with Crippen LogP contribution in [0, 0.1) is 0 Å². The summed E-state index contributed by atoms with van der Waals surface area (Å²) in [6.07, 6.45) is 3.52. The first-order chi connectivity index (χ1) is 10.6. The third-order valence-corrected chi connectivity index (χ3v) is 4.13. The fourth-order valence-corrected chi connectivity index (χ4v) is 2.99. The van der Waals surface area contributed by atoms with Gasteiger partial charge in [0.15, 0.2) is 6.10 Å². The first kappa shape index (κ1) is 17.0. The van der Waals surface area contributed by atoms with E-state index in [-0.39, 0.29) is 5.48 Å². The molecule has 1 heterocycles. The zero-order chi connectivity index (χ0) is 15.7. The van der Waals surface area contributed by atoms with Gasteiger partial charge in [0, 0.05) is 11.4 Å². The van der Waals surface area contributed by atoms with Crippen LogP contribution in [-0.4, -0.2) is 29.6 Å². The Balaban J connectivity index is 0.00000192. The van der Waals surface area contributed by atoms with Crippen molar-refractivity contribution in [3.8, 4) is 5.75 Å². The maximum absolute atomic E-state index is 11.6. The Morgan fingerprint density at radius 2 is 2.04 bits per heavy atom. The van der Waals surface area contributed by atoms with E-state index in [1.54, 1.807) is 6.92 Å². The number of pyridine rings is 1. The number of hydrogen-bond donors (Lipinski definition) is 1. The fourth-order valence-electron chi connectivity index (χ4n) is 2.99. The number of methoxy groups -OCH3 is 1. The van der Waals surface area contributed by atoms with Crippen LogP contribution in [0.5, 0.6) is 5.75 Å². The lowest BCUT2D eigenvalue weighted by Gasteiger charge is -2.21. The Morgan fingerprint density at radius 3 is 2.78 bits per heavy atom. The van der Waals surface area contributed by atoms with Gasteiger partial charge in [0.05, 0.1) is 18.0 Å². The molecule has 1 aromatic heterocycles. The number of esters is 1. The number of nitrogens with two attached hydrogens (primary N) is 1. The first-order valence-electron chi connectivity index (χ1n) is 7.56. The number of ether oxygens (including phenoxy) is 2. The van der Waals surface area contributed by atoms with E-state index in [9.17, 15) is 4.79 Å². The molecule has 0 fully saturated rings. The monoisotopic (exact) mass is 318 g/mol. The van der Waals surface area contributed by atoms with Gasteiger partial charge in [-0.2, -0.15) is 0 Å². The van der Waals surface area contributed by atoms with Crippen molar-refractivity contribution in [1.29, 1.82) is 0 Å². The lowest BCUT2D eigenvalue weighted by molar-refractivity contribution is -0.147. The van der Waals surface area contributed by atoms with Crippen molar-refractivity contribution in [3.05, 3.63) is 29.5 Å². The SMILES string of the molecule is COC(=O)C(C)Oc1cccc2nc3c(c(N)c12)CCCC3.O. The molecule has 3 rings (SSSR count). The highest BCUT2D eigenvalue weighted by Crippen LogP contribution is 2.36. The number of hydrogen-bond acceptors (Lipinski definition) is 5. The van der Waals surface area contributed by atoms with Gasteiger partial charge in [-0.25, -0.2) is 4.79 Å². The molecule has 23 heavy (non-hydrogen) atoms. The molecule has 1 atom stereocenters. The van der Waals surface area contributed by atoms with E-state index >= 15 is 0 Å². The maximum Gasteiger partial charge on any atom is 0.346 e. The van der Waals surface area contributed by atoms with Gasteiger partial charge in [-0.3, -0.25) is 4.98 Å². The lowest BCUT2D eigenvalue weighted by Crippen LogP contribution is -2.25. The van der Waals surface area contributed by atoms with Gasteiger partial charge in [0.2, 0.25) is 0 Å². The third kappa shape index (κ3) is 3.07. The van der Waals surface area contributed by atoms with Gasteiger partial charge < -0.3 is 20.7 Å². The molecule has 1 aliphatic rings. The largest absolute Gasteiger partial charge is 0.478 e. The number of anilines is 1. The van der Waals surface area contributed by atoms with Crippen molar-refractivity contribution in [3.63, 3.8) is 0 Å². The molecule has 0 aliphatic heterocycles. The smallest absolute Gasteiger partial charge is 0.346 e. The number of carbonyl (C=O) groups excluding carboxylic acids is 1. The number of rotatable bonds is 3. The molecule has 0 bridgehead atoms. The molecule has 124 valence electrons. The Hall–Kier alpha value is -2.34. The average Bonchev–Trinajstić information content (AvgIpc) is 2.54. The number of benzene rings is 1. The minimum absolute atomic E-state index is 0. The lowest BCUT2D eigenvalue weighted by atomic mass is 9.93. The van der Waals surface area contributed by atoms with Crippen molar-refractivity contribution in [1.82, 2.24) is 4.98 Å². The van der Waals surface area contributed by atoms with E-state index in [0.717, 1.165) is 53.5 Å². The Bertz CT molecular complexity index is 730. The van der Waals surface area contributed by atoms with Crippen LogP contribution in [0.15, 0.2) is 18.2 Å². The van der Waals surface area contributed by atoms with Crippen molar-refractivity contribution in [2.24, 2.45) is 0 Å². The van der Waals surface area contributed by atoms with E-state index in [4.69, 9.17) is 20.2 Å². The number of nitrogen functional groups attached to an aromatic ring is 1. The standard InChI is InChI=1S/C17H20N2O3.H2O/c1-10(17(20)21-2)22-14-9-5-8-13-15(14)16(18)11-6-3-4-7-12(11)19-13;/h5,8-10H,3-4,6-7H2,1-2H3,(H2,18,19);1H2. The molecule has 0 saturated carbocycles. The molecule has 0 radical (unpaired) electrons. The minimum Gasteiger partial charge on any atom is -0.478 e. The summed E-state index contributed by atoms with van der Waals surface area (Å²) in [7, 11) is 1.34. The molecule has 6 nitrogen and oxygen atoms in total. The van der Waals surface area contributed by atoms with Crippen LogP contribution >= 0.6 is 0 Å². The van der Waals surface area contributed by atoms with Crippen molar-refractivity contribution in [2.75, 3.05) is 12.8 Å². The van der Waals surface area contributed by atoms with Crippen LogP contribution in [0.25, 0.3) is 10.9 Å². The fraction of sp³-hybridized carbons (Fsp3) is 0.412. The summed E-state index contributed by atoms with van der Waals surface area (Å²) in [5.41, 5.74) is 10.1. The highest BCUT2D eigenvalue weighted by Gasteiger charge is 2.21. The number of carbonyl (C=O) groups is 1. The summed E-state index contributed by atoms with van der Waals surface area (Å²) in [5.74, 6) is 0.162. The van der Waals surface area contributed by atoms with Crippen LogP contribution in [0.4, 0.5) is 5.69 Å². The van der Waals surface area contributed by atoms with E-state index < -0.39 is 12.1 Å². The number of fused-ring (bicyclic) bond motifs is 2. The molecule has 0 amide bonds. The molecule has 1 unspecified atom stereocenters. The minimum atomic E-state index is -0.689. The Labute approximate surface area is 134 Å². The summed E-state index contributed by atoms with van der Waals surface area (Å²) in [6, 6.07) is 5.61. The Morgan fingerprint density at radius 1 is 1.30 bits per heavy atom. The van der Waals surface area contributed by atoms with Crippen molar-refractivity contribution >= 4 is 22.6 Å². The number of aryl methyl sites for hydroxylation is 1. The first-order valence-corrected chi connectivity index (χ1v) is 7.56. The van der Waals surface area contributed by atoms with E-state index in [0.29, 0.717) is 5.75 Å². The van der Waals surface area contributed by atoms with Gasteiger partial charge in [-0.15, -0.1) is 0 Å². The molecule has 1 aromatic carbocycles. The van der Waals surface area contributed by atoms with Crippen molar-refractivity contribution in [2.45, 2.75) is 38.7 Å². The predicted octanol–water partition coefficient (Wildman–Crippen LogP) is 1.81. The highest BCUT2D eigenvalue weighted by molar-refractivity contribution is 5.97.